The fraction of sp³-hybridized carbons (Fsp3) is 0.211. The molecule has 1 aromatic heterocycles. The van der Waals surface area contributed by atoms with Crippen LogP contribution in [0.15, 0.2) is 48.7 Å². The second-order valence-corrected chi connectivity index (χ2v) is 5.77. The lowest BCUT2D eigenvalue weighted by molar-refractivity contribution is 0.291. The van der Waals surface area contributed by atoms with Gasteiger partial charge in [-0.1, -0.05) is 6.07 Å². The summed E-state index contributed by atoms with van der Waals surface area (Å²) < 4.78 is 45.7. The van der Waals surface area contributed by atoms with Gasteiger partial charge in [0, 0.05) is 18.7 Å². The Balaban J connectivity index is 1.48. The fourth-order valence-corrected chi connectivity index (χ4v) is 2.66. The van der Waals surface area contributed by atoms with Crippen LogP contribution in [0.1, 0.15) is 12.1 Å². The Kier molecular flexibility index (Phi) is 4.43. The Morgan fingerprint density at radius 3 is 2.58 bits per heavy atom. The zero-order chi connectivity index (χ0) is 17.9. The van der Waals surface area contributed by atoms with Crippen molar-refractivity contribution < 1.29 is 23.0 Å². The standard InChI is InChI=1S/C19H16F2N2O3/c20-15-3-1-4-16(21)19(15)23-8-7-13(22-23)12-26-14-5-6-17-18(11-14)25-10-2-9-24-17/h1,3-8,11H,2,9-10,12H2. The Morgan fingerprint density at radius 1 is 1.00 bits per heavy atom. The van der Waals surface area contributed by atoms with Gasteiger partial charge in [0.1, 0.15) is 23.7 Å². The Hall–Kier alpha value is -3.09. The number of aromatic nitrogens is 2. The van der Waals surface area contributed by atoms with Crippen LogP contribution in [0.4, 0.5) is 8.78 Å². The predicted octanol–water partition coefficient (Wildman–Crippen LogP) is 3.89. The van der Waals surface area contributed by atoms with Crippen molar-refractivity contribution in [2.45, 2.75) is 13.0 Å². The topological polar surface area (TPSA) is 45.5 Å². The van der Waals surface area contributed by atoms with Gasteiger partial charge in [0.2, 0.25) is 0 Å². The molecular weight excluding hydrogens is 342 g/mol. The minimum atomic E-state index is -0.677. The van der Waals surface area contributed by atoms with E-state index >= 15 is 0 Å². The third kappa shape index (κ3) is 3.33. The molecule has 134 valence electrons. The number of halogens is 2. The van der Waals surface area contributed by atoms with Crippen LogP contribution in [0.25, 0.3) is 5.69 Å². The van der Waals surface area contributed by atoms with Gasteiger partial charge < -0.3 is 14.2 Å². The zero-order valence-corrected chi connectivity index (χ0v) is 13.8. The summed E-state index contributed by atoms with van der Waals surface area (Å²) in [7, 11) is 0. The first kappa shape index (κ1) is 16.4. The molecule has 0 bridgehead atoms. The molecular formula is C19H16F2N2O3. The third-order valence-electron chi connectivity index (χ3n) is 3.92. The smallest absolute Gasteiger partial charge is 0.164 e. The summed E-state index contributed by atoms with van der Waals surface area (Å²) in [6, 6.07) is 10.7. The quantitative estimate of drug-likeness (QED) is 0.710. The van der Waals surface area contributed by atoms with E-state index in [9.17, 15) is 8.78 Å². The van der Waals surface area contributed by atoms with Crippen LogP contribution in [0.5, 0.6) is 17.2 Å². The van der Waals surface area contributed by atoms with Crippen LogP contribution < -0.4 is 14.2 Å². The minimum Gasteiger partial charge on any atom is -0.490 e. The minimum absolute atomic E-state index is 0.155. The molecule has 0 spiro atoms. The molecule has 1 aliphatic rings. The van der Waals surface area contributed by atoms with E-state index in [2.05, 4.69) is 5.10 Å². The number of ether oxygens (including phenoxy) is 3. The average molecular weight is 358 g/mol. The third-order valence-corrected chi connectivity index (χ3v) is 3.92. The number of fused-ring (bicyclic) bond motifs is 1. The first-order valence-electron chi connectivity index (χ1n) is 8.22. The summed E-state index contributed by atoms with van der Waals surface area (Å²) in [6.07, 6.45) is 2.32. The summed E-state index contributed by atoms with van der Waals surface area (Å²) in [5.74, 6) is 0.570. The molecule has 3 aromatic rings. The average Bonchev–Trinajstić information content (AvgIpc) is 2.96. The molecule has 0 fully saturated rings. The van der Waals surface area contributed by atoms with Crippen molar-refractivity contribution in [3.8, 4) is 22.9 Å². The number of para-hydroxylation sites is 1. The monoisotopic (exact) mass is 358 g/mol. The van der Waals surface area contributed by atoms with Gasteiger partial charge in [-0.05, 0) is 30.3 Å². The molecule has 0 unspecified atom stereocenters. The molecule has 4 rings (SSSR count). The van der Waals surface area contributed by atoms with Crippen LogP contribution in [0.2, 0.25) is 0 Å². The van der Waals surface area contributed by atoms with Crippen molar-refractivity contribution in [1.82, 2.24) is 9.78 Å². The van der Waals surface area contributed by atoms with E-state index in [-0.39, 0.29) is 12.3 Å². The first-order valence-corrected chi connectivity index (χ1v) is 8.22. The molecule has 0 amide bonds. The van der Waals surface area contributed by atoms with Crippen LogP contribution in [-0.4, -0.2) is 23.0 Å². The number of hydrogen-bond donors (Lipinski definition) is 0. The lowest BCUT2D eigenvalue weighted by Crippen LogP contribution is -2.04. The van der Waals surface area contributed by atoms with Gasteiger partial charge >= 0.3 is 0 Å². The molecule has 1 aliphatic heterocycles. The van der Waals surface area contributed by atoms with Gasteiger partial charge in [-0.15, -0.1) is 0 Å². The van der Waals surface area contributed by atoms with E-state index in [1.165, 1.54) is 24.4 Å². The predicted molar refractivity (Wildman–Crippen MR) is 89.9 cm³/mol. The van der Waals surface area contributed by atoms with Gasteiger partial charge in [0.25, 0.3) is 0 Å². The van der Waals surface area contributed by atoms with Crippen molar-refractivity contribution >= 4 is 0 Å². The van der Waals surface area contributed by atoms with Crippen molar-refractivity contribution in [2.24, 2.45) is 0 Å². The van der Waals surface area contributed by atoms with E-state index in [0.29, 0.717) is 36.2 Å². The summed E-state index contributed by atoms with van der Waals surface area (Å²) in [5, 5.41) is 4.18. The highest BCUT2D eigenvalue weighted by Gasteiger charge is 2.13. The maximum absolute atomic E-state index is 13.8. The van der Waals surface area contributed by atoms with E-state index in [1.54, 1.807) is 24.3 Å². The summed E-state index contributed by atoms with van der Waals surface area (Å²) >= 11 is 0. The van der Waals surface area contributed by atoms with Crippen molar-refractivity contribution in [3.63, 3.8) is 0 Å². The number of hydrogen-bond acceptors (Lipinski definition) is 4. The second kappa shape index (κ2) is 7.03. The molecule has 7 heteroatoms. The van der Waals surface area contributed by atoms with Crippen molar-refractivity contribution in [2.75, 3.05) is 13.2 Å². The van der Waals surface area contributed by atoms with Gasteiger partial charge in [0.15, 0.2) is 23.1 Å². The molecule has 0 saturated heterocycles. The highest BCUT2D eigenvalue weighted by Crippen LogP contribution is 2.33. The Bertz CT molecular complexity index is 907. The molecule has 2 heterocycles. The van der Waals surface area contributed by atoms with Crippen LogP contribution in [0.3, 0.4) is 0 Å². The van der Waals surface area contributed by atoms with Gasteiger partial charge in [0.05, 0.1) is 13.2 Å². The highest BCUT2D eigenvalue weighted by atomic mass is 19.1. The molecule has 0 atom stereocenters. The maximum Gasteiger partial charge on any atom is 0.164 e. The summed E-state index contributed by atoms with van der Waals surface area (Å²) in [6.45, 7) is 1.37. The lowest BCUT2D eigenvalue weighted by atomic mass is 10.3. The van der Waals surface area contributed by atoms with E-state index in [0.717, 1.165) is 11.1 Å². The molecule has 2 aromatic carbocycles. The van der Waals surface area contributed by atoms with Crippen LogP contribution >= 0.6 is 0 Å². The second-order valence-electron chi connectivity index (χ2n) is 5.77. The fourth-order valence-electron chi connectivity index (χ4n) is 2.66. The van der Waals surface area contributed by atoms with Gasteiger partial charge in [-0.2, -0.15) is 5.10 Å². The Labute approximate surface area is 148 Å². The number of benzene rings is 2. The Morgan fingerprint density at radius 2 is 1.77 bits per heavy atom. The number of rotatable bonds is 4. The normalized spacial score (nSPS) is 13.3. The van der Waals surface area contributed by atoms with Crippen molar-refractivity contribution in [1.29, 1.82) is 0 Å². The lowest BCUT2D eigenvalue weighted by Gasteiger charge is -2.10. The molecule has 5 nitrogen and oxygen atoms in total. The molecule has 26 heavy (non-hydrogen) atoms. The van der Waals surface area contributed by atoms with Crippen LogP contribution in [-0.2, 0) is 6.61 Å². The summed E-state index contributed by atoms with van der Waals surface area (Å²) in [5.41, 5.74) is 0.328. The molecule has 0 saturated carbocycles. The van der Waals surface area contributed by atoms with Crippen molar-refractivity contribution in [3.05, 3.63) is 66.0 Å². The van der Waals surface area contributed by atoms with E-state index in [1.807, 2.05) is 0 Å². The number of nitrogens with zero attached hydrogens (tertiary/aromatic N) is 2. The highest BCUT2D eigenvalue weighted by molar-refractivity contribution is 5.46. The van der Waals surface area contributed by atoms with E-state index in [4.69, 9.17) is 14.2 Å². The molecule has 0 radical (unpaired) electrons. The van der Waals surface area contributed by atoms with Crippen LogP contribution in [0, 0.1) is 11.6 Å². The summed E-state index contributed by atoms with van der Waals surface area (Å²) in [4.78, 5) is 0. The first-order chi connectivity index (χ1) is 12.7. The SMILES string of the molecule is Fc1cccc(F)c1-n1ccc(COc2ccc3c(c2)OCCCO3)n1. The van der Waals surface area contributed by atoms with Gasteiger partial charge in [-0.3, -0.25) is 0 Å². The maximum atomic E-state index is 13.8. The molecule has 0 N–H and O–H groups in total. The largest absolute Gasteiger partial charge is 0.490 e. The van der Waals surface area contributed by atoms with E-state index < -0.39 is 11.6 Å². The molecule has 0 aliphatic carbocycles. The zero-order valence-electron chi connectivity index (χ0n) is 13.8. The van der Waals surface area contributed by atoms with Gasteiger partial charge in [-0.25, -0.2) is 13.5 Å².